The first-order valence-electron chi connectivity index (χ1n) is 3.81. The number of rotatable bonds is 2. The van der Waals surface area contributed by atoms with Gasteiger partial charge >= 0.3 is 0 Å². The first-order chi connectivity index (χ1) is 6.56. The van der Waals surface area contributed by atoms with Crippen LogP contribution in [0.3, 0.4) is 0 Å². The summed E-state index contributed by atoms with van der Waals surface area (Å²) in [4.78, 5) is -0.138. The van der Waals surface area contributed by atoms with E-state index < -0.39 is 27.7 Å². The Labute approximate surface area is 82.6 Å². The van der Waals surface area contributed by atoms with E-state index in [4.69, 9.17) is 5.26 Å². The van der Waals surface area contributed by atoms with Crippen molar-refractivity contribution in [1.29, 1.82) is 5.26 Å². The Balaban J connectivity index is 3.09. The van der Waals surface area contributed by atoms with Crippen molar-refractivity contribution in [3.05, 3.63) is 29.8 Å². The molecule has 0 radical (unpaired) electrons. The van der Waals surface area contributed by atoms with Gasteiger partial charge in [0.2, 0.25) is 0 Å². The molecule has 14 heavy (non-hydrogen) atoms. The van der Waals surface area contributed by atoms with E-state index >= 15 is 0 Å². The van der Waals surface area contributed by atoms with Gasteiger partial charge in [0.1, 0.15) is 16.9 Å². The second-order valence-electron chi connectivity index (χ2n) is 2.64. The molecule has 0 aliphatic carbocycles. The predicted octanol–water partition coefficient (Wildman–Crippen LogP) is 1.98. The van der Waals surface area contributed by atoms with Crippen LogP contribution in [0.2, 0.25) is 0 Å². The topological polar surface area (TPSA) is 40.9 Å². The zero-order chi connectivity index (χ0) is 10.7. The highest BCUT2D eigenvalue weighted by Gasteiger charge is 2.16. The SMILES string of the molecule is CC(C#N)S(=O)c1ccc(F)cc1F. The predicted molar refractivity (Wildman–Crippen MR) is 47.8 cm³/mol. The second kappa shape index (κ2) is 4.29. The third-order valence-electron chi connectivity index (χ3n) is 1.61. The molecule has 0 spiro atoms. The van der Waals surface area contributed by atoms with Crippen molar-refractivity contribution in [1.82, 2.24) is 0 Å². The largest absolute Gasteiger partial charge is 0.253 e. The van der Waals surface area contributed by atoms with Crippen molar-refractivity contribution in [2.24, 2.45) is 0 Å². The molecule has 2 unspecified atom stereocenters. The normalized spacial score (nSPS) is 14.4. The molecule has 0 N–H and O–H groups in total. The lowest BCUT2D eigenvalue weighted by Crippen LogP contribution is -2.09. The molecule has 0 heterocycles. The Kier molecular flexibility index (Phi) is 3.31. The number of nitrogens with zero attached hydrogens (tertiary/aromatic N) is 1. The van der Waals surface area contributed by atoms with Crippen LogP contribution in [0.15, 0.2) is 23.1 Å². The van der Waals surface area contributed by atoms with Crippen molar-refractivity contribution in [2.45, 2.75) is 17.1 Å². The van der Waals surface area contributed by atoms with Crippen molar-refractivity contribution >= 4 is 10.8 Å². The molecule has 0 fully saturated rings. The molecule has 1 aromatic rings. The van der Waals surface area contributed by atoms with E-state index in [1.165, 1.54) is 6.92 Å². The van der Waals surface area contributed by atoms with Gasteiger partial charge in [-0.15, -0.1) is 0 Å². The fourth-order valence-electron chi connectivity index (χ4n) is 0.877. The number of nitriles is 1. The van der Waals surface area contributed by atoms with Crippen molar-refractivity contribution < 1.29 is 13.0 Å². The van der Waals surface area contributed by atoms with Crippen LogP contribution in [0.5, 0.6) is 0 Å². The highest BCUT2D eigenvalue weighted by atomic mass is 32.2. The van der Waals surface area contributed by atoms with Crippen LogP contribution in [-0.4, -0.2) is 9.46 Å². The number of hydrogen-bond acceptors (Lipinski definition) is 2. The highest BCUT2D eigenvalue weighted by molar-refractivity contribution is 7.86. The standard InChI is InChI=1S/C9H7F2NOS/c1-6(5-12)14(13)9-3-2-7(10)4-8(9)11/h2-4,6H,1H3. The summed E-state index contributed by atoms with van der Waals surface area (Å²) in [6.07, 6.45) is 0. The minimum Gasteiger partial charge on any atom is -0.253 e. The van der Waals surface area contributed by atoms with E-state index in [1.54, 1.807) is 6.07 Å². The molecule has 0 amide bonds. The van der Waals surface area contributed by atoms with E-state index in [9.17, 15) is 13.0 Å². The maximum Gasteiger partial charge on any atom is 0.142 e. The fraction of sp³-hybridized carbons (Fsp3) is 0.222. The van der Waals surface area contributed by atoms with Crippen LogP contribution in [0, 0.1) is 23.0 Å². The van der Waals surface area contributed by atoms with Gasteiger partial charge < -0.3 is 0 Å². The molecule has 0 aliphatic heterocycles. The quantitative estimate of drug-likeness (QED) is 0.756. The van der Waals surface area contributed by atoms with Gasteiger partial charge in [0.25, 0.3) is 0 Å². The zero-order valence-electron chi connectivity index (χ0n) is 7.33. The lowest BCUT2D eigenvalue weighted by molar-refractivity contribution is 0.562. The molecule has 74 valence electrons. The van der Waals surface area contributed by atoms with Crippen LogP contribution in [0.4, 0.5) is 8.78 Å². The van der Waals surface area contributed by atoms with Crippen LogP contribution in [0.1, 0.15) is 6.92 Å². The zero-order valence-corrected chi connectivity index (χ0v) is 8.15. The Bertz CT molecular complexity index is 414. The summed E-state index contributed by atoms with van der Waals surface area (Å²) in [5, 5.41) is 7.66. The number of hydrogen-bond donors (Lipinski definition) is 0. The van der Waals surface area contributed by atoms with E-state index in [1.807, 2.05) is 0 Å². The smallest absolute Gasteiger partial charge is 0.142 e. The molecule has 5 heteroatoms. The van der Waals surface area contributed by atoms with Crippen LogP contribution in [-0.2, 0) is 10.8 Å². The molecule has 2 nitrogen and oxygen atoms in total. The minimum atomic E-state index is -1.75. The minimum absolute atomic E-state index is 0.138. The van der Waals surface area contributed by atoms with Gasteiger partial charge in [0.15, 0.2) is 0 Å². The van der Waals surface area contributed by atoms with Gasteiger partial charge in [0, 0.05) is 6.07 Å². The van der Waals surface area contributed by atoms with Crippen LogP contribution < -0.4 is 0 Å². The van der Waals surface area contributed by atoms with E-state index in [2.05, 4.69) is 0 Å². The van der Waals surface area contributed by atoms with Crippen LogP contribution in [0.25, 0.3) is 0 Å². The summed E-state index contributed by atoms with van der Waals surface area (Å²) < 4.78 is 37.0. The van der Waals surface area contributed by atoms with Crippen molar-refractivity contribution in [3.8, 4) is 6.07 Å². The molecular formula is C9H7F2NOS. The number of benzene rings is 1. The average molecular weight is 215 g/mol. The summed E-state index contributed by atoms with van der Waals surface area (Å²) in [6.45, 7) is 1.42. The highest BCUT2D eigenvalue weighted by Crippen LogP contribution is 2.16. The van der Waals surface area contributed by atoms with Gasteiger partial charge in [-0.3, -0.25) is 4.21 Å². The van der Waals surface area contributed by atoms with E-state index in [0.29, 0.717) is 6.07 Å². The number of halogens is 2. The van der Waals surface area contributed by atoms with Gasteiger partial charge in [-0.25, -0.2) is 8.78 Å². The molecule has 0 aromatic heterocycles. The van der Waals surface area contributed by atoms with Gasteiger partial charge in [-0.2, -0.15) is 5.26 Å². The lowest BCUT2D eigenvalue weighted by Gasteiger charge is -2.04. The molecule has 0 bridgehead atoms. The second-order valence-corrected chi connectivity index (χ2v) is 4.39. The fourth-order valence-corrected chi connectivity index (χ4v) is 1.81. The third kappa shape index (κ3) is 2.15. The monoisotopic (exact) mass is 215 g/mol. The Hall–Kier alpha value is -1.28. The molecule has 1 aromatic carbocycles. The Morgan fingerprint density at radius 1 is 1.50 bits per heavy atom. The average Bonchev–Trinajstić information content (AvgIpc) is 2.15. The maximum atomic E-state index is 13.1. The molecule has 0 saturated carbocycles. The molecule has 2 atom stereocenters. The maximum absolute atomic E-state index is 13.1. The Morgan fingerprint density at radius 3 is 2.64 bits per heavy atom. The first-order valence-corrected chi connectivity index (χ1v) is 5.03. The summed E-state index contributed by atoms with van der Waals surface area (Å²) in [5.41, 5.74) is 0. The molecule has 0 saturated heterocycles. The van der Waals surface area contributed by atoms with E-state index in [-0.39, 0.29) is 4.90 Å². The summed E-state index contributed by atoms with van der Waals surface area (Å²) in [5.74, 6) is -1.61. The molecular weight excluding hydrogens is 208 g/mol. The third-order valence-corrected chi connectivity index (χ3v) is 3.13. The first kappa shape index (κ1) is 10.8. The van der Waals surface area contributed by atoms with Gasteiger partial charge in [-0.05, 0) is 19.1 Å². The van der Waals surface area contributed by atoms with Crippen molar-refractivity contribution in [3.63, 3.8) is 0 Å². The molecule has 0 aliphatic rings. The van der Waals surface area contributed by atoms with Gasteiger partial charge in [0.05, 0.1) is 21.8 Å². The van der Waals surface area contributed by atoms with Crippen molar-refractivity contribution in [2.75, 3.05) is 0 Å². The summed E-state index contributed by atoms with van der Waals surface area (Å²) in [7, 11) is -1.75. The molecule has 1 rings (SSSR count). The summed E-state index contributed by atoms with van der Waals surface area (Å²) >= 11 is 0. The summed E-state index contributed by atoms with van der Waals surface area (Å²) in [6, 6.07) is 4.50. The lowest BCUT2D eigenvalue weighted by atomic mass is 10.3. The van der Waals surface area contributed by atoms with E-state index in [0.717, 1.165) is 12.1 Å². The Morgan fingerprint density at radius 2 is 2.14 bits per heavy atom. The van der Waals surface area contributed by atoms with Gasteiger partial charge in [-0.1, -0.05) is 0 Å². The van der Waals surface area contributed by atoms with Crippen LogP contribution >= 0.6 is 0 Å².